The molecule has 0 radical (unpaired) electrons. The summed E-state index contributed by atoms with van der Waals surface area (Å²) < 4.78 is 0. The van der Waals surface area contributed by atoms with Crippen molar-refractivity contribution in [3.05, 3.63) is 51.7 Å². The van der Waals surface area contributed by atoms with Gasteiger partial charge in [-0.25, -0.2) is 0 Å². The molecule has 1 atom stereocenters. The zero-order chi connectivity index (χ0) is 11.3. The van der Waals surface area contributed by atoms with Crippen molar-refractivity contribution < 1.29 is 4.92 Å². The third-order valence-electron chi connectivity index (χ3n) is 2.51. The highest BCUT2D eigenvalue weighted by Gasteiger charge is 2.01. The maximum atomic E-state index is 10.1. The summed E-state index contributed by atoms with van der Waals surface area (Å²) in [4.78, 5) is 9.66. The molecule has 15 heavy (non-hydrogen) atoms. The Bertz CT molecular complexity index is 354. The standard InChI is InChI=1S/C12H15NO2/c1-3-10(2)12-6-4-11(5-7-12)8-9-13(14)15/h4-10H,3H2,1-2H3/b9-8+/t10-/m0/s1. The fraction of sp³-hybridized carbons (Fsp3) is 0.333. The van der Waals surface area contributed by atoms with E-state index >= 15 is 0 Å². The van der Waals surface area contributed by atoms with E-state index in [9.17, 15) is 10.1 Å². The van der Waals surface area contributed by atoms with Crippen LogP contribution >= 0.6 is 0 Å². The third-order valence-corrected chi connectivity index (χ3v) is 2.51. The van der Waals surface area contributed by atoms with Gasteiger partial charge < -0.3 is 0 Å². The van der Waals surface area contributed by atoms with E-state index in [-0.39, 0.29) is 0 Å². The topological polar surface area (TPSA) is 43.1 Å². The van der Waals surface area contributed by atoms with Crippen LogP contribution in [0.3, 0.4) is 0 Å². The van der Waals surface area contributed by atoms with Gasteiger partial charge in [0.05, 0.1) is 4.92 Å². The average molecular weight is 205 g/mol. The monoisotopic (exact) mass is 205 g/mol. The van der Waals surface area contributed by atoms with E-state index < -0.39 is 4.92 Å². The second-order valence-corrected chi connectivity index (χ2v) is 3.58. The Morgan fingerprint density at radius 2 is 2.00 bits per heavy atom. The van der Waals surface area contributed by atoms with Crippen molar-refractivity contribution in [2.75, 3.05) is 0 Å². The zero-order valence-electron chi connectivity index (χ0n) is 9.01. The number of nitrogens with zero attached hydrogens (tertiary/aromatic N) is 1. The minimum atomic E-state index is -0.456. The molecule has 0 fully saturated rings. The second-order valence-electron chi connectivity index (χ2n) is 3.58. The number of hydrogen-bond acceptors (Lipinski definition) is 2. The van der Waals surface area contributed by atoms with Gasteiger partial charge in [-0.2, -0.15) is 0 Å². The zero-order valence-corrected chi connectivity index (χ0v) is 9.01. The smallest absolute Gasteiger partial charge is 0.235 e. The van der Waals surface area contributed by atoms with Gasteiger partial charge in [0.15, 0.2) is 0 Å². The van der Waals surface area contributed by atoms with Crippen molar-refractivity contribution >= 4 is 6.08 Å². The first-order valence-electron chi connectivity index (χ1n) is 5.05. The molecule has 1 aromatic carbocycles. The lowest BCUT2D eigenvalue weighted by Crippen LogP contribution is -1.90. The molecule has 3 nitrogen and oxygen atoms in total. The predicted molar refractivity (Wildman–Crippen MR) is 61.2 cm³/mol. The Morgan fingerprint density at radius 3 is 2.47 bits per heavy atom. The van der Waals surface area contributed by atoms with Crippen molar-refractivity contribution in [2.24, 2.45) is 0 Å². The fourth-order valence-electron chi connectivity index (χ4n) is 1.32. The van der Waals surface area contributed by atoms with Crippen molar-refractivity contribution in [1.29, 1.82) is 0 Å². The van der Waals surface area contributed by atoms with Crippen LogP contribution in [0.15, 0.2) is 30.5 Å². The van der Waals surface area contributed by atoms with Gasteiger partial charge in [0.25, 0.3) is 0 Å². The normalized spacial score (nSPS) is 12.9. The van der Waals surface area contributed by atoms with Gasteiger partial charge in [-0.05, 0) is 23.5 Å². The molecular formula is C12H15NO2. The van der Waals surface area contributed by atoms with Gasteiger partial charge >= 0.3 is 0 Å². The van der Waals surface area contributed by atoms with E-state index in [4.69, 9.17) is 0 Å². The summed E-state index contributed by atoms with van der Waals surface area (Å²) in [7, 11) is 0. The van der Waals surface area contributed by atoms with E-state index in [0.29, 0.717) is 5.92 Å². The molecular weight excluding hydrogens is 190 g/mol. The highest BCUT2D eigenvalue weighted by molar-refractivity contribution is 5.48. The van der Waals surface area contributed by atoms with Gasteiger partial charge in [0.1, 0.15) is 0 Å². The second kappa shape index (κ2) is 5.29. The van der Waals surface area contributed by atoms with Crippen molar-refractivity contribution in [3.63, 3.8) is 0 Å². The van der Waals surface area contributed by atoms with Gasteiger partial charge in [0.2, 0.25) is 6.20 Å². The maximum absolute atomic E-state index is 10.1. The molecule has 0 aliphatic carbocycles. The first kappa shape index (κ1) is 11.4. The third kappa shape index (κ3) is 3.54. The van der Waals surface area contributed by atoms with E-state index in [0.717, 1.165) is 18.2 Å². The Morgan fingerprint density at radius 1 is 1.40 bits per heavy atom. The quantitative estimate of drug-likeness (QED) is 0.558. The summed E-state index contributed by atoms with van der Waals surface area (Å²) >= 11 is 0. The van der Waals surface area contributed by atoms with Crippen LogP contribution in [0.25, 0.3) is 6.08 Å². The van der Waals surface area contributed by atoms with Crippen LogP contribution in [0, 0.1) is 10.1 Å². The molecule has 0 aliphatic heterocycles. The molecule has 0 saturated carbocycles. The van der Waals surface area contributed by atoms with Crippen LogP contribution < -0.4 is 0 Å². The SMILES string of the molecule is CC[C@H](C)c1ccc(/C=C/[N+](=O)[O-])cc1. The fourth-order valence-corrected chi connectivity index (χ4v) is 1.32. The van der Waals surface area contributed by atoms with E-state index in [1.165, 1.54) is 11.6 Å². The summed E-state index contributed by atoms with van der Waals surface area (Å²) in [6.07, 6.45) is 3.56. The lowest BCUT2D eigenvalue weighted by molar-refractivity contribution is -0.400. The Kier molecular flexibility index (Phi) is 4.03. The maximum Gasteiger partial charge on any atom is 0.235 e. The predicted octanol–water partition coefficient (Wildman–Crippen LogP) is 3.45. The Balaban J connectivity index is 2.76. The number of rotatable bonds is 4. The molecule has 0 N–H and O–H groups in total. The van der Waals surface area contributed by atoms with Crippen LogP contribution in [0.2, 0.25) is 0 Å². The number of nitro groups is 1. The Labute approximate surface area is 89.6 Å². The summed E-state index contributed by atoms with van der Waals surface area (Å²) in [5.41, 5.74) is 2.13. The highest BCUT2D eigenvalue weighted by atomic mass is 16.6. The van der Waals surface area contributed by atoms with Gasteiger partial charge in [-0.15, -0.1) is 0 Å². The van der Waals surface area contributed by atoms with Gasteiger partial charge in [0, 0.05) is 6.08 Å². The summed E-state index contributed by atoms with van der Waals surface area (Å²) in [5, 5.41) is 10.1. The number of hydrogen-bond donors (Lipinski definition) is 0. The van der Waals surface area contributed by atoms with Crippen molar-refractivity contribution in [3.8, 4) is 0 Å². The minimum Gasteiger partial charge on any atom is -0.259 e. The lowest BCUT2D eigenvalue weighted by Gasteiger charge is -2.08. The molecule has 1 aromatic rings. The van der Waals surface area contributed by atoms with Crippen molar-refractivity contribution in [2.45, 2.75) is 26.2 Å². The molecule has 0 amide bonds. The van der Waals surface area contributed by atoms with Gasteiger partial charge in [-0.3, -0.25) is 10.1 Å². The van der Waals surface area contributed by atoms with Crippen molar-refractivity contribution in [1.82, 2.24) is 0 Å². The van der Waals surface area contributed by atoms with Crippen LogP contribution in [-0.4, -0.2) is 4.92 Å². The van der Waals surface area contributed by atoms with E-state index in [2.05, 4.69) is 13.8 Å². The van der Waals surface area contributed by atoms with Crippen LogP contribution in [-0.2, 0) is 0 Å². The van der Waals surface area contributed by atoms with E-state index in [1.807, 2.05) is 24.3 Å². The van der Waals surface area contributed by atoms with Gasteiger partial charge in [-0.1, -0.05) is 38.1 Å². The largest absolute Gasteiger partial charge is 0.259 e. The molecule has 0 aliphatic rings. The first-order valence-corrected chi connectivity index (χ1v) is 5.05. The van der Waals surface area contributed by atoms with E-state index in [1.54, 1.807) is 0 Å². The molecule has 80 valence electrons. The molecule has 0 aromatic heterocycles. The molecule has 0 saturated heterocycles. The summed E-state index contributed by atoms with van der Waals surface area (Å²) in [6.45, 7) is 4.31. The minimum absolute atomic E-state index is 0.456. The molecule has 0 unspecified atom stereocenters. The van der Waals surface area contributed by atoms with Crippen LogP contribution in [0.5, 0.6) is 0 Å². The summed E-state index contributed by atoms with van der Waals surface area (Å²) in [5.74, 6) is 0.540. The Hall–Kier alpha value is -1.64. The molecule has 0 spiro atoms. The molecule has 1 rings (SSSR count). The summed E-state index contributed by atoms with van der Waals surface area (Å²) in [6, 6.07) is 7.85. The van der Waals surface area contributed by atoms with Crippen LogP contribution in [0.1, 0.15) is 37.3 Å². The number of benzene rings is 1. The molecule has 0 heterocycles. The first-order chi connectivity index (χ1) is 7.13. The lowest BCUT2D eigenvalue weighted by atomic mass is 9.98. The van der Waals surface area contributed by atoms with Crippen LogP contribution in [0.4, 0.5) is 0 Å². The highest BCUT2D eigenvalue weighted by Crippen LogP contribution is 2.19. The molecule has 3 heteroatoms. The molecule has 0 bridgehead atoms. The average Bonchev–Trinajstić information content (AvgIpc) is 2.26.